The molecule has 1 heterocycles. The second-order valence-corrected chi connectivity index (χ2v) is 5.31. The average molecular weight is 261 g/mol. The Balaban J connectivity index is 2.07. The van der Waals surface area contributed by atoms with Gasteiger partial charge in [-0.2, -0.15) is 0 Å². The van der Waals surface area contributed by atoms with Gasteiger partial charge in [-0.15, -0.1) is 0 Å². The normalized spacial score (nSPS) is 18.9. The van der Waals surface area contributed by atoms with Crippen molar-refractivity contribution in [1.82, 2.24) is 5.32 Å². The zero-order chi connectivity index (χ0) is 13.8. The van der Waals surface area contributed by atoms with E-state index >= 15 is 0 Å². The number of nitrogens with one attached hydrogen (secondary N) is 1. The number of nitrogens with two attached hydrogens (primary N) is 1. The summed E-state index contributed by atoms with van der Waals surface area (Å²) in [6, 6.07) is 8.51. The van der Waals surface area contributed by atoms with E-state index in [2.05, 4.69) is 41.4 Å². The minimum atomic E-state index is -0.237. The summed E-state index contributed by atoms with van der Waals surface area (Å²) in [5, 5.41) is 3.35. The summed E-state index contributed by atoms with van der Waals surface area (Å²) >= 11 is 0. The molecule has 19 heavy (non-hydrogen) atoms. The summed E-state index contributed by atoms with van der Waals surface area (Å²) in [5.41, 5.74) is 7.79. The molecule has 3 N–H and O–H groups in total. The average Bonchev–Trinajstić information content (AvgIpc) is 2.46. The molecule has 0 saturated carbocycles. The van der Waals surface area contributed by atoms with Crippen molar-refractivity contribution in [3.63, 3.8) is 0 Å². The molecule has 1 fully saturated rings. The lowest BCUT2D eigenvalue weighted by molar-refractivity contribution is -0.121. The van der Waals surface area contributed by atoms with Gasteiger partial charge in [0.1, 0.15) is 0 Å². The fraction of sp³-hybridized carbons (Fsp3) is 0.533. The Morgan fingerprint density at radius 1 is 1.21 bits per heavy atom. The number of rotatable bonds is 4. The zero-order valence-electron chi connectivity index (χ0n) is 11.7. The van der Waals surface area contributed by atoms with Crippen LogP contribution in [0.4, 0.5) is 5.69 Å². The Kier molecular flexibility index (Phi) is 4.43. The molecule has 2 unspecified atom stereocenters. The lowest BCUT2D eigenvalue weighted by atomic mass is 9.88. The van der Waals surface area contributed by atoms with E-state index in [9.17, 15) is 4.79 Å². The maximum absolute atomic E-state index is 11.2. The summed E-state index contributed by atoms with van der Waals surface area (Å²) in [4.78, 5) is 13.6. The summed E-state index contributed by atoms with van der Waals surface area (Å²) < 4.78 is 0. The highest BCUT2D eigenvalue weighted by Gasteiger charge is 2.19. The van der Waals surface area contributed by atoms with Gasteiger partial charge in [-0.1, -0.05) is 26.0 Å². The number of primary amides is 1. The molecular formula is C15H23N3O. The van der Waals surface area contributed by atoms with Crippen LogP contribution in [0.3, 0.4) is 0 Å². The summed E-state index contributed by atoms with van der Waals surface area (Å²) in [5.74, 6) is -0.210. The van der Waals surface area contributed by atoms with Crippen LogP contribution in [0.5, 0.6) is 0 Å². The van der Waals surface area contributed by atoms with Crippen LogP contribution in [0.25, 0.3) is 0 Å². The Morgan fingerprint density at radius 3 is 2.32 bits per heavy atom. The molecule has 104 valence electrons. The van der Waals surface area contributed by atoms with E-state index in [-0.39, 0.29) is 17.7 Å². The SMILES string of the molecule is CC(C(N)=O)C(C)c1ccc(N2CCNCC2)cc1. The van der Waals surface area contributed by atoms with Gasteiger partial charge < -0.3 is 16.0 Å². The van der Waals surface area contributed by atoms with E-state index in [4.69, 9.17) is 5.73 Å². The highest BCUT2D eigenvalue weighted by atomic mass is 16.1. The summed E-state index contributed by atoms with van der Waals surface area (Å²) in [6.07, 6.45) is 0. The van der Waals surface area contributed by atoms with Crippen molar-refractivity contribution in [3.05, 3.63) is 29.8 Å². The number of amides is 1. The molecule has 0 aliphatic carbocycles. The highest BCUT2D eigenvalue weighted by molar-refractivity contribution is 5.77. The van der Waals surface area contributed by atoms with Crippen molar-refractivity contribution < 1.29 is 4.79 Å². The number of piperazine rings is 1. The topological polar surface area (TPSA) is 58.4 Å². The summed E-state index contributed by atoms with van der Waals surface area (Å²) in [6.45, 7) is 8.11. The van der Waals surface area contributed by atoms with Crippen LogP contribution in [-0.2, 0) is 4.79 Å². The monoisotopic (exact) mass is 261 g/mol. The van der Waals surface area contributed by atoms with Gasteiger partial charge in [0, 0.05) is 37.8 Å². The molecule has 0 bridgehead atoms. The second-order valence-electron chi connectivity index (χ2n) is 5.31. The standard InChI is InChI=1S/C15H23N3O/c1-11(12(2)15(16)19)13-3-5-14(6-4-13)18-9-7-17-8-10-18/h3-6,11-12,17H,7-10H2,1-2H3,(H2,16,19). The fourth-order valence-corrected chi connectivity index (χ4v) is 2.45. The minimum Gasteiger partial charge on any atom is -0.369 e. The number of carbonyl (C=O) groups is 1. The fourth-order valence-electron chi connectivity index (χ4n) is 2.45. The minimum absolute atomic E-state index is 0.134. The molecule has 0 aromatic heterocycles. The first-order chi connectivity index (χ1) is 9.09. The Hall–Kier alpha value is -1.55. The number of nitrogens with zero attached hydrogens (tertiary/aromatic N) is 1. The first-order valence-corrected chi connectivity index (χ1v) is 6.94. The van der Waals surface area contributed by atoms with Crippen LogP contribution in [0.2, 0.25) is 0 Å². The van der Waals surface area contributed by atoms with Gasteiger partial charge in [-0.3, -0.25) is 4.79 Å². The van der Waals surface area contributed by atoms with Gasteiger partial charge in [0.2, 0.25) is 5.91 Å². The quantitative estimate of drug-likeness (QED) is 0.859. The van der Waals surface area contributed by atoms with Gasteiger partial charge >= 0.3 is 0 Å². The van der Waals surface area contributed by atoms with Gasteiger partial charge in [0.15, 0.2) is 0 Å². The van der Waals surface area contributed by atoms with Crippen LogP contribution in [-0.4, -0.2) is 32.1 Å². The molecule has 2 atom stereocenters. The van der Waals surface area contributed by atoms with Gasteiger partial charge in [-0.25, -0.2) is 0 Å². The number of anilines is 1. The molecular weight excluding hydrogens is 238 g/mol. The largest absolute Gasteiger partial charge is 0.369 e. The zero-order valence-corrected chi connectivity index (χ0v) is 11.7. The number of carbonyl (C=O) groups excluding carboxylic acids is 1. The van der Waals surface area contributed by atoms with Crippen LogP contribution in [0.15, 0.2) is 24.3 Å². The Labute approximate surface area is 115 Å². The number of hydrogen-bond donors (Lipinski definition) is 2. The molecule has 1 aromatic rings. The highest BCUT2D eigenvalue weighted by Crippen LogP contribution is 2.26. The van der Waals surface area contributed by atoms with Crippen molar-refractivity contribution in [2.75, 3.05) is 31.1 Å². The van der Waals surface area contributed by atoms with Crippen molar-refractivity contribution >= 4 is 11.6 Å². The maximum Gasteiger partial charge on any atom is 0.220 e. The van der Waals surface area contributed by atoms with Gasteiger partial charge in [-0.05, 0) is 23.6 Å². The first kappa shape index (κ1) is 13.9. The van der Waals surface area contributed by atoms with Crippen molar-refractivity contribution in [1.29, 1.82) is 0 Å². The second kappa shape index (κ2) is 6.06. The molecule has 1 saturated heterocycles. The lowest BCUT2D eigenvalue weighted by Crippen LogP contribution is -2.43. The molecule has 0 spiro atoms. The third kappa shape index (κ3) is 3.26. The molecule has 4 heteroatoms. The van der Waals surface area contributed by atoms with Crippen LogP contribution in [0.1, 0.15) is 25.3 Å². The molecule has 4 nitrogen and oxygen atoms in total. The van der Waals surface area contributed by atoms with Crippen LogP contribution >= 0.6 is 0 Å². The Bertz CT molecular complexity index is 424. The van der Waals surface area contributed by atoms with E-state index in [0.29, 0.717) is 0 Å². The van der Waals surface area contributed by atoms with E-state index in [0.717, 1.165) is 26.2 Å². The van der Waals surface area contributed by atoms with E-state index in [1.54, 1.807) is 0 Å². The third-order valence-corrected chi connectivity index (χ3v) is 4.10. The molecule has 0 radical (unpaired) electrons. The van der Waals surface area contributed by atoms with Gasteiger partial charge in [0.05, 0.1) is 0 Å². The lowest BCUT2D eigenvalue weighted by Gasteiger charge is -2.29. The molecule has 1 aromatic carbocycles. The Morgan fingerprint density at radius 2 is 1.79 bits per heavy atom. The van der Waals surface area contributed by atoms with Crippen molar-refractivity contribution in [3.8, 4) is 0 Å². The predicted molar refractivity (Wildman–Crippen MR) is 78.3 cm³/mol. The maximum atomic E-state index is 11.2. The molecule has 1 aliphatic heterocycles. The smallest absolute Gasteiger partial charge is 0.220 e. The molecule has 1 aliphatic rings. The summed E-state index contributed by atoms with van der Waals surface area (Å²) in [7, 11) is 0. The molecule has 1 amide bonds. The van der Waals surface area contributed by atoms with E-state index < -0.39 is 0 Å². The third-order valence-electron chi connectivity index (χ3n) is 4.10. The first-order valence-electron chi connectivity index (χ1n) is 6.94. The van der Waals surface area contributed by atoms with Crippen molar-refractivity contribution in [2.45, 2.75) is 19.8 Å². The van der Waals surface area contributed by atoms with Crippen LogP contribution in [0, 0.1) is 5.92 Å². The number of hydrogen-bond acceptors (Lipinski definition) is 3. The predicted octanol–water partition coefficient (Wildman–Crippen LogP) is 1.32. The van der Waals surface area contributed by atoms with Crippen LogP contribution < -0.4 is 16.0 Å². The number of benzene rings is 1. The van der Waals surface area contributed by atoms with E-state index in [1.807, 2.05) is 6.92 Å². The van der Waals surface area contributed by atoms with Crippen molar-refractivity contribution in [2.24, 2.45) is 11.7 Å². The van der Waals surface area contributed by atoms with E-state index in [1.165, 1.54) is 11.3 Å². The molecule has 2 rings (SSSR count). The van der Waals surface area contributed by atoms with Gasteiger partial charge in [0.25, 0.3) is 0 Å².